The van der Waals surface area contributed by atoms with E-state index < -0.39 is 5.97 Å². The highest BCUT2D eigenvalue weighted by Gasteiger charge is 2.09. The summed E-state index contributed by atoms with van der Waals surface area (Å²) in [6.07, 6.45) is 2.56. The first-order valence-electron chi connectivity index (χ1n) is 4.73. The van der Waals surface area contributed by atoms with Gasteiger partial charge < -0.3 is 14.2 Å². The largest absolute Gasteiger partial charge is 0.471 e. The molecule has 0 N–H and O–H groups in total. The minimum atomic E-state index is -0.524. The van der Waals surface area contributed by atoms with Crippen LogP contribution in [0.2, 0.25) is 0 Å². The molecule has 1 atom stereocenters. The molecule has 6 nitrogen and oxygen atoms in total. The fourth-order valence-electron chi connectivity index (χ4n) is 1.06. The molecule has 1 unspecified atom stereocenters. The van der Waals surface area contributed by atoms with Crippen LogP contribution in [-0.2, 0) is 9.47 Å². The zero-order valence-electron chi connectivity index (χ0n) is 9.47. The van der Waals surface area contributed by atoms with E-state index in [1.54, 1.807) is 7.11 Å². The van der Waals surface area contributed by atoms with Crippen molar-refractivity contribution < 1.29 is 19.0 Å². The summed E-state index contributed by atoms with van der Waals surface area (Å²) in [4.78, 5) is 18.9. The van der Waals surface area contributed by atoms with Crippen LogP contribution in [0.15, 0.2) is 12.4 Å². The van der Waals surface area contributed by atoms with Gasteiger partial charge in [0.15, 0.2) is 5.69 Å². The third-order valence-corrected chi connectivity index (χ3v) is 1.75. The van der Waals surface area contributed by atoms with Crippen molar-refractivity contribution in [3.05, 3.63) is 18.1 Å². The molecule has 16 heavy (non-hydrogen) atoms. The van der Waals surface area contributed by atoms with E-state index in [-0.39, 0.29) is 11.8 Å². The first-order chi connectivity index (χ1) is 7.67. The Kier molecular flexibility index (Phi) is 4.65. The van der Waals surface area contributed by atoms with Gasteiger partial charge >= 0.3 is 5.97 Å². The number of nitrogens with zero attached hydrogens (tertiary/aromatic N) is 2. The highest BCUT2D eigenvalue weighted by Crippen LogP contribution is 2.07. The van der Waals surface area contributed by atoms with E-state index in [2.05, 4.69) is 14.7 Å². The molecule has 0 bridgehead atoms. The fourth-order valence-corrected chi connectivity index (χ4v) is 1.06. The third kappa shape index (κ3) is 3.47. The first kappa shape index (κ1) is 12.4. The summed E-state index contributed by atoms with van der Waals surface area (Å²) in [5.41, 5.74) is 0.147. The minimum Gasteiger partial charge on any atom is -0.471 e. The van der Waals surface area contributed by atoms with Crippen LogP contribution in [-0.4, -0.2) is 42.9 Å². The van der Waals surface area contributed by atoms with E-state index in [9.17, 15) is 4.79 Å². The van der Waals surface area contributed by atoms with Gasteiger partial charge in [-0.1, -0.05) is 0 Å². The molecule has 6 heteroatoms. The smallest absolute Gasteiger partial charge is 0.358 e. The lowest BCUT2D eigenvalue weighted by Crippen LogP contribution is -2.19. The van der Waals surface area contributed by atoms with Crippen LogP contribution in [0, 0.1) is 0 Å². The molecule has 0 saturated heterocycles. The molecule has 0 saturated carbocycles. The normalized spacial score (nSPS) is 11.9. The van der Waals surface area contributed by atoms with E-state index in [1.165, 1.54) is 19.5 Å². The summed E-state index contributed by atoms with van der Waals surface area (Å²) >= 11 is 0. The van der Waals surface area contributed by atoms with Crippen molar-refractivity contribution in [3.8, 4) is 5.88 Å². The van der Waals surface area contributed by atoms with Gasteiger partial charge in [0.05, 0.1) is 26.1 Å². The lowest BCUT2D eigenvalue weighted by Gasteiger charge is -2.12. The van der Waals surface area contributed by atoms with Crippen LogP contribution in [0.3, 0.4) is 0 Å². The van der Waals surface area contributed by atoms with Gasteiger partial charge in [0.25, 0.3) is 0 Å². The van der Waals surface area contributed by atoms with E-state index in [4.69, 9.17) is 9.47 Å². The van der Waals surface area contributed by atoms with Crippen LogP contribution in [0.1, 0.15) is 17.4 Å². The maximum Gasteiger partial charge on any atom is 0.358 e. The summed E-state index contributed by atoms with van der Waals surface area (Å²) in [7, 11) is 2.88. The lowest BCUT2D eigenvalue weighted by atomic mass is 10.4. The van der Waals surface area contributed by atoms with Crippen molar-refractivity contribution in [2.24, 2.45) is 0 Å². The molecule has 0 aliphatic rings. The molecular weight excluding hydrogens is 212 g/mol. The average molecular weight is 226 g/mol. The Morgan fingerprint density at radius 2 is 2.12 bits per heavy atom. The number of aromatic nitrogens is 2. The molecule has 0 fully saturated rings. The van der Waals surface area contributed by atoms with Crippen molar-refractivity contribution in [1.29, 1.82) is 0 Å². The summed E-state index contributed by atoms with van der Waals surface area (Å²) in [6, 6.07) is 0. The second kappa shape index (κ2) is 6.02. The molecule has 1 aromatic rings. The summed E-state index contributed by atoms with van der Waals surface area (Å²) in [5.74, 6) is -0.179. The summed E-state index contributed by atoms with van der Waals surface area (Å²) in [6.45, 7) is 2.31. The molecule has 1 rings (SSSR count). The van der Waals surface area contributed by atoms with E-state index in [1.807, 2.05) is 6.92 Å². The molecule has 1 aromatic heterocycles. The first-order valence-corrected chi connectivity index (χ1v) is 4.73. The predicted molar refractivity (Wildman–Crippen MR) is 55.3 cm³/mol. The number of hydrogen-bond acceptors (Lipinski definition) is 6. The highest BCUT2D eigenvalue weighted by atomic mass is 16.5. The van der Waals surface area contributed by atoms with Crippen LogP contribution in [0.25, 0.3) is 0 Å². The molecule has 0 aliphatic heterocycles. The maximum atomic E-state index is 11.1. The van der Waals surface area contributed by atoms with Gasteiger partial charge in [0.2, 0.25) is 5.88 Å². The topological polar surface area (TPSA) is 70.5 Å². The van der Waals surface area contributed by atoms with E-state index in [0.29, 0.717) is 12.5 Å². The molecule has 1 heterocycles. The van der Waals surface area contributed by atoms with Crippen molar-refractivity contribution in [1.82, 2.24) is 9.97 Å². The quantitative estimate of drug-likeness (QED) is 0.687. The van der Waals surface area contributed by atoms with Gasteiger partial charge in [0.1, 0.15) is 6.10 Å². The number of rotatable bonds is 5. The van der Waals surface area contributed by atoms with Gasteiger partial charge in [-0.25, -0.2) is 14.8 Å². The Labute approximate surface area is 93.6 Å². The Balaban J connectivity index is 2.61. The predicted octanol–water partition coefficient (Wildman–Crippen LogP) is 0.677. The highest BCUT2D eigenvalue weighted by molar-refractivity contribution is 5.86. The van der Waals surface area contributed by atoms with Crippen LogP contribution < -0.4 is 4.74 Å². The van der Waals surface area contributed by atoms with Crippen LogP contribution in [0.5, 0.6) is 5.88 Å². The molecule has 0 aliphatic carbocycles. The number of methoxy groups -OCH3 is 2. The number of carbonyl (C=O) groups excluding carboxylic acids is 1. The molecule has 0 aromatic carbocycles. The zero-order chi connectivity index (χ0) is 12.0. The van der Waals surface area contributed by atoms with Crippen LogP contribution >= 0.6 is 0 Å². The van der Waals surface area contributed by atoms with Gasteiger partial charge in [0, 0.05) is 7.11 Å². The van der Waals surface area contributed by atoms with E-state index >= 15 is 0 Å². The third-order valence-electron chi connectivity index (χ3n) is 1.75. The van der Waals surface area contributed by atoms with Crippen molar-refractivity contribution in [2.75, 3.05) is 20.8 Å². The lowest BCUT2D eigenvalue weighted by molar-refractivity contribution is 0.0592. The summed E-state index contributed by atoms with van der Waals surface area (Å²) in [5, 5.41) is 0. The number of esters is 1. The molecule has 88 valence electrons. The minimum absolute atomic E-state index is 0.122. The zero-order valence-corrected chi connectivity index (χ0v) is 9.47. The van der Waals surface area contributed by atoms with Gasteiger partial charge in [-0.3, -0.25) is 0 Å². The van der Waals surface area contributed by atoms with Crippen molar-refractivity contribution in [3.63, 3.8) is 0 Å². The Morgan fingerprint density at radius 3 is 2.62 bits per heavy atom. The molecule has 0 amide bonds. The number of carbonyl (C=O) groups is 1. The van der Waals surface area contributed by atoms with Gasteiger partial charge in [-0.05, 0) is 6.92 Å². The van der Waals surface area contributed by atoms with Gasteiger partial charge in [-0.2, -0.15) is 0 Å². The van der Waals surface area contributed by atoms with E-state index in [0.717, 1.165) is 0 Å². The Hall–Kier alpha value is -1.69. The average Bonchev–Trinajstić information content (AvgIpc) is 2.29. The van der Waals surface area contributed by atoms with Crippen LogP contribution in [0.4, 0.5) is 0 Å². The van der Waals surface area contributed by atoms with Gasteiger partial charge in [-0.15, -0.1) is 0 Å². The number of hydrogen-bond donors (Lipinski definition) is 0. The van der Waals surface area contributed by atoms with Crippen molar-refractivity contribution >= 4 is 5.97 Å². The Bertz CT molecular complexity index is 339. The molecular formula is C10H14N2O4. The second-order valence-corrected chi connectivity index (χ2v) is 3.12. The number of ether oxygens (including phenoxy) is 3. The second-order valence-electron chi connectivity index (χ2n) is 3.12. The molecule has 0 radical (unpaired) electrons. The fraction of sp³-hybridized carbons (Fsp3) is 0.500. The maximum absolute atomic E-state index is 11.1. The molecule has 0 spiro atoms. The standard InChI is InChI=1S/C10H14N2O4/c1-7(6-14-2)16-9-5-11-8(4-12-9)10(13)15-3/h4-5,7H,6H2,1-3H3. The Morgan fingerprint density at radius 1 is 1.38 bits per heavy atom. The monoisotopic (exact) mass is 226 g/mol. The SMILES string of the molecule is COCC(C)Oc1cnc(C(=O)OC)cn1. The van der Waals surface area contributed by atoms with Crippen molar-refractivity contribution in [2.45, 2.75) is 13.0 Å². The summed E-state index contributed by atoms with van der Waals surface area (Å²) < 4.78 is 14.8.